The third-order valence-corrected chi connectivity index (χ3v) is 3.99. The number of likely N-dealkylation sites (N-methyl/N-ethyl adjacent to an activating group) is 1. The van der Waals surface area contributed by atoms with Crippen molar-refractivity contribution in [2.75, 3.05) is 36.5 Å². The Morgan fingerprint density at radius 3 is 2.81 bits per heavy atom. The molecular formula is C13H22N6O2. The van der Waals surface area contributed by atoms with Crippen LogP contribution >= 0.6 is 0 Å². The Kier molecular flexibility index (Phi) is 4.92. The Morgan fingerprint density at radius 2 is 2.24 bits per heavy atom. The van der Waals surface area contributed by atoms with Gasteiger partial charge in [-0.3, -0.25) is 15.0 Å². The molecule has 8 heteroatoms. The van der Waals surface area contributed by atoms with Crippen molar-refractivity contribution in [2.24, 2.45) is 5.84 Å². The molecule has 2 rings (SSSR count). The van der Waals surface area contributed by atoms with E-state index in [1.54, 1.807) is 0 Å². The Labute approximate surface area is 124 Å². The number of hydrazine groups is 1. The average molecular weight is 294 g/mol. The van der Waals surface area contributed by atoms with E-state index in [4.69, 9.17) is 5.84 Å². The zero-order chi connectivity index (χ0) is 15.4. The molecule has 0 aromatic carbocycles. The second kappa shape index (κ2) is 6.68. The molecule has 1 aliphatic heterocycles. The van der Waals surface area contributed by atoms with Crippen LogP contribution in [0.2, 0.25) is 0 Å². The van der Waals surface area contributed by atoms with E-state index in [9.17, 15) is 10.1 Å². The number of pyridine rings is 1. The molecule has 0 aliphatic carbocycles. The standard InChI is InChI=1S/C13H22N6O2/c1-3-17(4-2)10-7-8-18(9-10)13-11(19(20)21)5-6-12(15-13)16-14/h5-6,10H,3-4,7-9,14H2,1-2H3,(H,15,16). The van der Waals surface area contributed by atoms with Gasteiger partial charge in [-0.15, -0.1) is 0 Å². The summed E-state index contributed by atoms with van der Waals surface area (Å²) in [7, 11) is 0. The second-order valence-corrected chi connectivity index (χ2v) is 5.05. The van der Waals surface area contributed by atoms with Gasteiger partial charge >= 0.3 is 5.69 Å². The molecule has 1 aromatic rings. The molecule has 0 radical (unpaired) electrons. The fourth-order valence-corrected chi connectivity index (χ4v) is 2.87. The first-order valence-corrected chi connectivity index (χ1v) is 7.21. The molecular weight excluding hydrogens is 272 g/mol. The van der Waals surface area contributed by atoms with E-state index in [0.717, 1.165) is 32.6 Å². The number of hydrogen-bond donors (Lipinski definition) is 2. The van der Waals surface area contributed by atoms with Crippen LogP contribution in [0.5, 0.6) is 0 Å². The number of anilines is 2. The summed E-state index contributed by atoms with van der Waals surface area (Å²) in [4.78, 5) is 19.4. The number of hydrogen-bond acceptors (Lipinski definition) is 7. The van der Waals surface area contributed by atoms with E-state index in [1.165, 1.54) is 12.1 Å². The third kappa shape index (κ3) is 3.22. The summed E-state index contributed by atoms with van der Waals surface area (Å²) in [5.74, 6) is 6.18. The van der Waals surface area contributed by atoms with Crippen molar-refractivity contribution in [3.05, 3.63) is 22.2 Å². The van der Waals surface area contributed by atoms with Gasteiger partial charge in [0.15, 0.2) is 0 Å². The zero-order valence-electron chi connectivity index (χ0n) is 12.5. The molecule has 3 N–H and O–H groups in total. The molecule has 1 saturated heterocycles. The summed E-state index contributed by atoms with van der Waals surface area (Å²) in [6.07, 6.45) is 0.987. The van der Waals surface area contributed by atoms with Crippen LogP contribution in [-0.2, 0) is 0 Å². The molecule has 1 aliphatic rings. The normalized spacial score (nSPS) is 18.3. The van der Waals surface area contributed by atoms with Crippen molar-refractivity contribution >= 4 is 17.3 Å². The van der Waals surface area contributed by atoms with Crippen LogP contribution in [-0.4, -0.2) is 47.0 Å². The molecule has 21 heavy (non-hydrogen) atoms. The van der Waals surface area contributed by atoms with Crippen molar-refractivity contribution in [3.8, 4) is 0 Å². The van der Waals surface area contributed by atoms with Gasteiger partial charge in [0.2, 0.25) is 5.82 Å². The van der Waals surface area contributed by atoms with Crippen molar-refractivity contribution in [1.82, 2.24) is 9.88 Å². The smallest absolute Gasteiger partial charge is 0.311 e. The molecule has 116 valence electrons. The van der Waals surface area contributed by atoms with Crippen molar-refractivity contribution in [2.45, 2.75) is 26.3 Å². The largest absolute Gasteiger partial charge is 0.349 e. The summed E-state index contributed by atoms with van der Waals surface area (Å²) in [5.41, 5.74) is 2.46. The molecule has 0 bridgehead atoms. The van der Waals surface area contributed by atoms with Gasteiger partial charge in [-0.25, -0.2) is 10.8 Å². The number of nitrogen functional groups attached to an aromatic ring is 1. The molecule has 2 heterocycles. The Morgan fingerprint density at radius 1 is 1.52 bits per heavy atom. The number of nitrogens with zero attached hydrogens (tertiary/aromatic N) is 4. The van der Waals surface area contributed by atoms with Gasteiger partial charge in [0.05, 0.1) is 4.92 Å². The predicted molar refractivity (Wildman–Crippen MR) is 82.2 cm³/mol. The Hall–Kier alpha value is -1.93. The van der Waals surface area contributed by atoms with Gasteiger partial charge < -0.3 is 10.3 Å². The summed E-state index contributed by atoms with van der Waals surface area (Å²) < 4.78 is 0. The maximum atomic E-state index is 11.2. The molecule has 1 atom stereocenters. The summed E-state index contributed by atoms with van der Waals surface area (Å²) in [6, 6.07) is 3.37. The van der Waals surface area contributed by atoms with Crippen molar-refractivity contribution in [3.63, 3.8) is 0 Å². The first kappa shape index (κ1) is 15.5. The quantitative estimate of drug-likeness (QED) is 0.462. The first-order valence-electron chi connectivity index (χ1n) is 7.21. The lowest BCUT2D eigenvalue weighted by atomic mass is 10.2. The highest BCUT2D eigenvalue weighted by atomic mass is 16.6. The summed E-state index contributed by atoms with van der Waals surface area (Å²) in [5, 5.41) is 11.2. The summed E-state index contributed by atoms with van der Waals surface area (Å²) >= 11 is 0. The maximum Gasteiger partial charge on any atom is 0.311 e. The zero-order valence-corrected chi connectivity index (χ0v) is 12.5. The Balaban J connectivity index is 2.24. The molecule has 0 amide bonds. The van der Waals surface area contributed by atoms with Crippen LogP contribution in [0.3, 0.4) is 0 Å². The van der Waals surface area contributed by atoms with E-state index in [2.05, 4.69) is 29.2 Å². The van der Waals surface area contributed by atoms with Crippen molar-refractivity contribution < 1.29 is 4.92 Å². The van der Waals surface area contributed by atoms with Crippen LogP contribution in [0.25, 0.3) is 0 Å². The highest BCUT2D eigenvalue weighted by molar-refractivity contribution is 5.62. The van der Waals surface area contributed by atoms with Crippen LogP contribution in [0.4, 0.5) is 17.3 Å². The van der Waals surface area contributed by atoms with E-state index < -0.39 is 4.92 Å². The maximum absolute atomic E-state index is 11.2. The van der Waals surface area contributed by atoms with E-state index >= 15 is 0 Å². The number of aromatic nitrogens is 1. The number of nitro groups is 1. The van der Waals surface area contributed by atoms with E-state index in [0.29, 0.717) is 17.7 Å². The lowest BCUT2D eigenvalue weighted by Crippen LogP contribution is -2.37. The molecule has 8 nitrogen and oxygen atoms in total. The van der Waals surface area contributed by atoms with Gasteiger partial charge in [-0.05, 0) is 25.6 Å². The first-order chi connectivity index (χ1) is 10.1. The van der Waals surface area contributed by atoms with Crippen LogP contribution in [0, 0.1) is 10.1 Å². The Bertz CT molecular complexity index is 505. The van der Waals surface area contributed by atoms with Gasteiger partial charge in [-0.2, -0.15) is 0 Å². The highest BCUT2D eigenvalue weighted by Gasteiger charge is 2.31. The second-order valence-electron chi connectivity index (χ2n) is 5.05. The molecule has 1 aromatic heterocycles. The lowest BCUT2D eigenvalue weighted by Gasteiger charge is -2.26. The van der Waals surface area contributed by atoms with Crippen molar-refractivity contribution in [1.29, 1.82) is 0 Å². The monoisotopic (exact) mass is 294 g/mol. The fourth-order valence-electron chi connectivity index (χ4n) is 2.87. The van der Waals surface area contributed by atoms with Crippen LogP contribution in [0.1, 0.15) is 20.3 Å². The molecule has 1 unspecified atom stereocenters. The fraction of sp³-hybridized carbons (Fsp3) is 0.615. The topological polar surface area (TPSA) is 101 Å². The highest BCUT2D eigenvalue weighted by Crippen LogP contribution is 2.31. The SMILES string of the molecule is CCN(CC)C1CCN(c2nc(NN)ccc2[N+](=O)[O-])C1. The molecule has 0 saturated carbocycles. The van der Waals surface area contributed by atoms with Crippen LogP contribution in [0.15, 0.2) is 12.1 Å². The number of nitrogens with one attached hydrogen (secondary N) is 1. The average Bonchev–Trinajstić information content (AvgIpc) is 2.97. The van der Waals surface area contributed by atoms with Gasteiger partial charge in [0.25, 0.3) is 0 Å². The minimum Gasteiger partial charge on any atom is -0.349 e. The molecule has 1 fully saturated rings. The van der Waals surface area contributed by atoms with Gasteiger partial charge in [0, 0.05) is 25.2 Å². The van der Waals surface area contributed by atoms with Crippen LogP contribution < -0.4 is 16.2 Å². The van der Waals surface area contributed by atoms with Gasteiger partial charge in [-0.1, -0.05) is 13.8 Å². The van der Waals surface area contributed by atoms with E-state index in [1.807, 2.05) is 4.90 Å². The van der Waals surface area contributed by atoms with E-state index in [-0.39, 0.29) is 5.69 Å². The summed E-state index contributed by atoms with van der Waals surface area (Å²) in [6.45, 7) is 7.74. The number of nitrogens with two attached hydrogens (primary N) is 1. The minimum atomic E-state index is -0.395. The predicted octanol–water partition coefficient (Wildman–Crippen LogP) is 1.20. The van der Waals surface area contributed by atoms with Gasteiger partial charge in [0.1, 0.15) is 5.82 Å². The molecule has 0 spiro atoms. The minimum absolute atomic E-state index is 0.0224. The third-order valence-electron chi connectivity index (χ3n) is 3.99. The number of rotatable bonds is 6. The lowest BCUT2D eigenvalue weighted by molar-refractivity contribution is -0.384.